The standard InChI is InChI=1S/C10H13N3.C2H6/c1-6(2)8-4-5-9-10(11-8)7(3)12-13-9;1-2/h4-6H,1-3H3,(H,12,13);1-2H3. The van der Waals surface area contributed by atoms with Crippen LogP contribution in [0.3, 0.4) is 0 Å². The minimum atomic E-state index is 0.471. The second-order valence-corrected chi connectivity index (χ2v) is 3.61. The molecular formula is C12H19N3. The van der Waals surface area contributed by atoms with Crippen molar-refractivity contribution < 1.29 is 0 Å². The first-order chi connectivity index (χ1) is 7.18. The summed E-state index contributed by atoms with van der Waals surface area (Å²) in [6.07, 6.45) is 0. The molecule has 1 N–H and O–H groups in total. The van der Waals surface area contributed by atoms with Crippen molar-refractivity contribution in [3.8, 4) is 0 Å². The van der Waals surface area contributed by atoms with Crippen LogP contribution in [-0.2, 0) is 0 Å². The number of aromatic nitrogens is 3. The fraction of sp³-hybridized carbons (Fsp3) is 0.500. The van der Waals surface area contributed by atoms with Gasteiger partial charge in [-0.15, -0.1) is 0 Å². The van der Waals surface area contributed by atoms with Gasteiger partial charge in [0.15, 0.2) is 0 Å². The predicted molar refractivity (Wildman–Crippen MR) is 64.1 cm³/mol. The van der Waals surface area contributed by atoms with E-state index in [-0.39, 0.29) is 0 Å². The van der Waals surface area contributed by atoms with Gasteiger partial charge in [-0.2, -0.15) is 5.10 Å². The Hall–Kier alpha value is -1.38. The lowest BCUT2D eigenvalue weighted by molar-refractivity contribution is 0.829. The lowest BCUT2D eigenvalue weighted by Crippen LogP contribution is -1.91. The number of hydrogen-bond donors (Lipinski definition) is 1. The smallest absolute Gasteiger partial charge is 0.111 e. The molecule has 15 heavy (non-hydrogen) atoms. The zero-order chi connectivity index (χ0) is 11.4. The van der Waals surface area contributed by atoms with Crippen molar-refractivity contribution in [2.45, 2.75) is 40.5 Å². The van der Waals surface area contributed by atoms with Crippen LogP contribution < -0.4 is 0 Å². The van der Waals surface area contributed by atoms with E-state index in [1.165, 1.54) is 0 Å². The van der Waals surface area contributed by atoms with Crippen molar-refractivity contribution in [1.29, 1.82) is 0 Å². The van der Waals surface area contributed by atoms with Gasteiger partial charge >= 0.3 is 0 Å². The molecule has 2 rings (SSSR count). The van der Waals surface area contributed by atoms with E-state index in [2.05, 4.69) is 29.0 Å². The van der Waals surface area contributed by atoms with Gasteiger partial charge in [0.25, 0.3) is 0 Å². The van der Waals surface area contributed by atoms with E-state index in [1.54, 1.807) is 0 Å². The summed E-state index contributed by atoms with van der Waals surface area (Å²) in [4.78, 5) is 4.54. The number of hydrogen-bond acceptors (Lipinski definition) is 2. The number of rotatable bonds is 1. The molecule has 3 heteroatoms. The highest BCUT2D eigenvalue weighted by Gasteiger charge is 2.05. The van der Waals surface area contributed by atoms with Gasteiger partial charge in [-0.3, -0.25) is 5.10 Å². The van der Waals surface area contributed by atoms with Crippen molar-refractivity contribution >= 4 is 11.0 Å². The molecule has 0 saturated carbocycles. The van der Waals surface area contributed by atoms with Crippen molar-refractivity contribution in [2.75, 3.05) is 0 Å². The average molecular weight is 205 g/mol. The minimum absolute atomic E-state index is 0.471. The molecule has 0 spiro atoms. The summed E-state index contributed by atoms with van der Waals surface area (Å²) in [7, 11) is 0. The van der Waals surface area contributed by atoms with Crippen molar-refractivity contribution in [3.05, 3.63) is 23.5 Å². The summed E-state index contributed by atoms with van der Waals surface area (Å²) in [5.41, 5.74) is 4.10. The molecule has 0 bridgehead atoms. The molecule has 0 amide bonds. The fourth-order valence-corrected chi connectivity index (χ4v) is 1.35. The van der Waals surface area contributed by atoms with Crippen molar-refractivity contribution in [2.24, 2.45) is 0 Å². The number of nitrogens with one attached hydrogen (secondary N) is 1. The van der Waals surface area contributed by atoms with Gasteiger partial charge in [-0.25, -0.2) is 4.98 Å². The number of pyridine rings is 1. The molecule has 0 aliphatic carbocycles. The van der Waals surface area contributed by atoms with Gasteiger partial charge in [-0.1, -0.05) is 27.7 Å². The lowest BCUT2D eigenvalue weighted by atomic mass is 10.1. The molecule has 0 aliphatic heterocycles. The predicted octanol–water partition coefficient (Wildman–Crippen LogP) is 3.42. The Morgan fingerprint density at radius 3 is 2.47 bits per heavy atom. The molecule has 2 aromatic rings. The number of aryl methyl sites for hydroxylation is 1. The zero-order valence-corrected chi connectivity index (χ0v) is 10.1. The Labute approximate surface area is 90.9 Å². The third kappa shape index (κ3) is 2.35. The molecule has 82 valence electrons. The third-order valence-electron chi connectivity index (χ3n) is 2.19. The van der Waals surface area contributed by atoms with Gasteiger partial charge in [0.2, 0.25) is 0 Å². The minimum Gasteiger partial charge on any atom is -0.280 e. The lowest BCUT2D eigenvalue weighted by Gasteiger charge is -2.02. The SMILES string of the molecule is CC.Cc1[nH]nc2ccc(C(C)C)nc12. The second kappa shape index (κ2) is 4.91. The summed E-state index contributed by atoms with van der Waals surface area (Å²) < 4.78 is 0. The second-order valence-electron chi connectivity index (χ2n) is 3.61. The Morgan fingerprint density at radius 1 is 1.20 bits per heavy atom. The number of fused-ring (bicyclic) bond motifs is 1. The maximum absolute atomic E-state index is 4.54. The molecular weight excluding hydrogens is 186 g/mol. The van der Waals surface area contributed by atoms with E-state index >= 15 is 0 Å². The highest BCUT2D eigenvalue weighted by atomic mass is 15.1. The van der Waals surface area contributed by atoms with Gasteiger partial charge in [0.05, 0.1) is 5.69 Å². The molecule has 0 radical (unpaired) electrons. The van der Waals surface area contributed by atoms with Gasteiger partial charge < -0.3 is 0 Å². The highest BCUT2D eigenvalue weighted by molar-refractivity contribution is 5.76. The zero-order valence-electron chi connectivity index (χ0n) is 10.1. The number of nitrogens with zero attached hydrogens (tertiary/aromatic N) is 2. The van der Waals surface area contributed by atoms with E-state index in [0.717, 1.165) is 22.4 Å². The monoisotopic (exact) mass is 205 g/mol. The number of H-pyrrole nitrogens is 1. The van der Waals surface area contributed by atoms with Gasteiger partial charge in [0.1, 0.15) is 11.0 Å². The molecule has 2 aromatic heterocycles. The Morgan fingerprint density at radius 2 is 1.87 bits per heavy atom. The van der Waals surface area contributed by atoms with E-state index in [4.69, 9.17) is 0 Å². The van der Waals surface area contributed by atoms with Crippen LogP contribution in [0.5, 0.6) is 0 Å². The molecule has 0 atom stereocenters. The molecule has 0 aromatic carbocycles. The van der Waals surface area contributed by atoms with E-state index in [1.807, 2.05) is 32.9 Å². The first kappa shape index (κ1) is 11.7. The summed E-state index contributed by atoms with van der Waals surface area (Å²) in [6, 6.07) is 4.05. The van der Waals surface area contributed by atoms with Gasteiger partial charge in [0, 0.05) is 5.69 Å². The topological polar surface area (TPSA) is 41.6 Å². The number of aromatic amines is 1. The third-order valence-corrected chi connectivity index (χ3v) is 2.19. The van der Waals surface area contributed by atoms with Crippen molar-refractivity contribution in [3.63, 3.8) is 0 Å². The van der Waals surface area contributed by atoms with Crippen LogP contribution in [0.15, 0.2) is 12.1 Å². The Kier molecular flexibility index (Phi) is 3.83. The van der Waals surface area contributed by atoms with E-state index in [0.29, 0.717) is 5.92 Å². The van der Waals surface area contributed by atoms with E-state index < -0.39 is 0 Å². The average Bonchev–Trinajstić information content (AvgIpc) is 2.63. The Balaban J connectivity index is 0.000000531. The first-order valence-corrected chi connectivity index (χ1v) is 5.50. The normalized spacial score (nSPS) is 10.3. The van der Waals surface area contributed by atoms with Crippen LogP contribution in [0.25, 0.3) is 11.0 Å². The molecule has 0 fully saturated rings. The van der Waals surface area contributed by atoms with E-state index in [9.17, 15) is 0 Å². The Bertz CT molecular complexity index is 429. The fourth-order valence-electron chi connectivity index (χ4n) is 1.35. The van der Waals surface area contributed by atoms with Crippen LogP contribution in [0.4, 0.5) is 0 Å². The van der Waals surface area contributed by atoms with Gasteiger partial charge in [-0.05, 0) is 25.0 Å². The summed E-state index contributed by atoms with van der Waals surface area (Å²) >= 11 is 0. The molecule has 2 heterocycles. The molecule has 0 unspecified atom stereocenters. The molecule has 0 saturated heterocycles. The molecule has 3 nitrogen and oxygen atoms in total. The highest BCUT2D eigenvalue weighted by Crippen LogP contribution is 2.17. The summed E-state index contributed by atoms with van der Waals surface area (Å²) in [6.45, 7) is 10.3. The quantitative estimate of drug-likeness (QED) is 0.775. The largest absolute Gasteiger partial charge is 0.280 e. The maximum atomic E-state index is 4.54. The summed E-state index contributed by atoms with van der Waals surface area (Å²) in [5, 5.41) is 7.06. The van der Waals surface area contributed by atoms with Crippen LogP contribution in [0.1, 0.15) is 45.0 Å². The summed E-state index contributed by atoms with van der Waals surface area (Å²) in [5.74, 6) is 0.471. The first-order valence-electron chi connectivity index (χ1n) is 5.50. The van der Waals surface area contributed by atoms with Crippen LogP contribution >= 0.6 is 0 Å². The van der Waals surface area contributed by atoms with Crippen LogP contribution in [0.2, 0.25) is 0 Å². The maximum Gasteiger partial charge on any atom is 0.111 e. The van der Waals surface area contributed by atoms with Crippen LogP contribution in [-0.4, -0.2) is 15.2 Å². The molecule has 0 aliphatic rings. The van der Waals surface area contributed by atoms with Crippen LogP contribution in [0, 0.1) is 6.92 Å². The van der Waals surface area contributed by atoms with Crippen molar-refractivity contribution in [1.82, 2.24) is 15.2 Å².